The Morgan fingerprint density at radius 1 is 0.920 bits per heavy atom. The fourth-order valence-electron chi connectivity index (χ4n) is 1.64. The van der Waals surface area contributed by atoms with Crippen molar-refractivity contribution in [1.82, 2.24) is 4.72 Å². The molecule has 132 valence electrons. The molecule has 0 saturated carbocycles. The maximum atomic E-state index is 12.3. The molecular formula is C14H8Cl3NO6S. The number of halogens is 3. The molecule has 0 radical (unpaired) electrons. The molecule has 0 fully saturated rings. The van der Waals surface area contributed by atoms with Gasteiger partial charge in [0.25, 0.3) is 0 Å². The first-order chi connectivity index (χ1) is 11.6. The van der Waals surface area contributed by atoms with E-state index in [-0.39, 0.29) is 22.1 Å². The van der Waals surface area contributed by atoms with Gasteiger partial charge in [0.1, 0.15) is 17.1 Å². The standard InChI is InChI=1S/C14H8Cl3NO6S/c15-8-1-4-10(5-2-8)23-13(19)11-7-9(16)3-6-12(11)24-14(20)18-25(17,21)22/h1-7H,(H,18,20). The lowest BCUT2D eigenvalue weighted by Gasteiger charge is -2.10. The lowest BCUT2D eigenvalue weighted by Crippen LogP contribution is -2.30. The highest BCUT2D eigenvalue weighted by molar-refractivity contribution is 8.12. The van der Waals surface area contributed by atoms with Gasteiger partial charge in [-0.15, -0.1) is 0 Å². The summed E-state index contributed by atoms with van der Waals surface area (Å²) in [4.78, 5) is 23.8. The molecular weight excluding hydrogens is 417 g/mol. The van der Waals surface area contributed by atoms with Gasteiger partial charge in [0.15, 0.2) is 0 Å². The van der Waals surface area contributed by atoms with Gasteiger partial charge in [-0.2, -0.15) is 8.42 Å². The molecule has 0 aromatic heterocycles. The van der Waals surface area contributed by atoms with E-state index < -0.39 is 21.3 Å². The molecule has 0 unspecified atom stereocenters. The smallest absolute Gasteiger partial charge is 0.423 e. The third kappa shape index (κ3) is 6.09. The summed E-state index contributed by atoms with van der Waals surface area (Å²) in [5.74, 6) is -0.976. The van der Waals surface area contributed by atoms with Gasteiger partial charge in [0, 0.05) is 20.7 Å². The quantitative estimate of drug-likeness (QED) is 0.455. The second-order valence-corrected chi connectivity index (χ2v) is 7.58. The van der Waals surface area contributed by atoms with Crippen molar-refractivity contribution in [3.8, 4) is 11.5 Å². The number of hydrogen-bond acceptors (Lipinski definition) is 6. The van der Waals surface area contributed by atoms with Crippen LogP contribution in [0.5, 0.6) is 11.5 Å². The fraction of sp³-hybridized carbons (Fsp3) is 0. The van der Waals surface area contributed by atoms with Crippen LogP contribution in [-0.4, -0.2) is 20.5 Å². The molecule has 1 amide bonds. The molecule has 0 aliphatic rings. The highest BCUT2D eigenvalue weighted by Crippen LogP contribution is 2.25. The van der Waals surface area contributed by atoms with E-state index in [1.165, 1.54) is 47.2 Å². The zero-order chi connectivity index (χ0) is 18.6. The van der Waals surface area contributed by atoms with Gasteiger partial charge in [0.2, 0.25) is 0 Å². The first-order valence-electron chi connectivity index (χ1n) is 6.35. The number of amides is 1. The van der Waals surface area contributed by atoms with E-state index in [2.05, 4.69) is 0 Å². The third-order valence-electron chi connectivity index (χ3n) is 2.59. The van der Waals surface area contributed by atoms with E-state index >= 15 is 0 Å². The van der Waals surface area contributed by atoms with Crippen molar-refractivity contribution in [3.05, 3.63) is 58.1 Å². The van der Waals surface area contributed by atoms with Gasteiger partial charge in [0.05, 0.1) is 0 Å². The van der Waals surface area contributed by atoms with Crippen molar-refractivity contribution in [2.45, 2.75) is 0 Å². The maximum absolute atomic E-state index is 12.3. The molecule has 7 nitrogen and oxygen atoms in total. The summed E-state index contributed by atoms with van der Waals surface area (Å²) < 4.78 is 32.9. The van der Waals surface area contributed by atoms with Gasteiger partial charge in [-0.25, -0.2) is 14.3 Å². The fourth-order valence-corrected chi connectivity index (χ4v) is 2.36. The Bertz CT molecular complexity index is 915. The van der Waals surface area contributed by atoms with Crippen LogP contribution in [0.25, 0.3) is 0 Å². The van der Waals surface area contributed by atoms with Gasteiger partial charge < -0.3 is 9.47 Å². The Labute approximate surface area is 156 Å². The van der Waals surface area contributed by atoms with Crippen LogP contribution in [0, 0.1) is 0 Å². The van der Waals surface area contributed by atoms with Crippen LogP contribution in [0.4, 0.5) is 4.79 Å². The molecule has 0 bridgehead atoms. The van der Waals surface area contributed by atoms with E-state index in [0.29, 0.717) is 5.02 Å². The normalized spacial score (nSPS) is 10.8. The Kier molecular flexibility index (Phi) is 6.12. The van der Waals surface area contributed by atoms with Crippen LogP contribution >= 0.6 is 33.9 Å². The highest BCUT2D eigenvalue weighted by Gasteiger charge is 2.20. The topological polar surface area (TPSA) is 98.8 Å². The molecule has 0 heterocycles. The zero-order valence-corrected chi connectivity index (χ0v) is 15.1. The Hall–Kier alpha value is -2.00. The lowest BCUT2D eigenvalue weighted by atomic mass is 10.2. The number of carbonyl (C=O) groups is 2. The molecule has 0 aliphatic heterocycles. The lowest BCUT2D eigenvalue weighted by molar-refractivity contribution is 0.0732. The average Bonchev–Trinajstić information content (AvgIpc) is 2.49. The van der Waals surface area contributed by atoms with Crippen molar-refractivity contribution < 1.29 is 27.5 Å². The van der Waals surface area contributed by atoms with Crippen molar-refractivity contribution >= 4 is 55.2 Å². The SMILES string of the molecule is O=C(NS(=O)(=O)Cl)Oc1ccc(Cl)cc1C(=O)Oc1ccc(Cl)cc1. The maximum Gasteiger partial charge on any atom is 0.427 e. The minimum absolute atomic E-state index is 0.167. The summed E-state index contributed by atoms with van der Waals surface area (Å²) in [5.41, 5.74) is -0.204. The first kappa shape index (κ1) is 19.3. The number of nitrogens with one attached hydrogen (secondary N) is 1. The molecule has 11 heteroatoms. The third-order valence-corrected chi connectivity index (χ3v) is 3.72. The Morgan fingerprint density at radius 3 is 2.12 bits per heavy atom. The molecule has 25 heavy (non-hydrogen) atoms. The van der Waals surface area contributed by atoms with Gasteiger partial charge >= 0.3 is 21.3 Å². The summed E-state index contributed by atoms with van der Waals surface area (Å²) >= 11 is 11.6. The van der Waals surface area contributed by atoms with E-state index in [1.807, 2.05) is 0 Å². The highest BCUT2D eigenvalue weighted by atomic mass is 35.7. The number of rotatable bonds is 4. The molecule has 2 aromatic carbocycles. The van der Waals surface area contributed by atoms with Gasteiger partial charge in [-0.05, 0) is 42.5 Å². The predicted molar refractivity (Wildman–Crippen MR) is 91.8 cm³/mol. The second-order valence-electron chi connectivity index (χ2n) is 4.41. The number of hydrogen-bond donors (Lipinski definition) is 1. The molecule has 0 spiro atoms. The molecule has 0 aliphatic carbocycles. The molecule has 2 aromatic rings. The van der Waals surface area contributed by atoms with Crippen molar-refractivity contribution in [1.29, 1.82) is 0 Å². The zero-order valence-electron chi connectivity index (χ0n) is 12.0. The number of esters is 1. The minimum Gasteiger partial charge on any atom is -0.423 e. The van der Waals surface area contributed by atoms with Crippen molar-refractivity contribution in [2.24, 2.45) is 0 Å². The summed E-state index contributed by atoms with van der Waals surface area (Å²) in [6, 6.07) is 9.66. The van der Waals surface area contributed by atoms with Crippen LogP contribution in [0.15, 0.2) is 42.5 Å². The van der Waals surface area contributed by atoms with Gasteiger partial charge in [-0.1, -0.05) is 23.2 Å². The molecule has 0 saturated heterocycles. The molecule has 0 atom stereocenters. The Morgan fingerprint density at radius 2 is 1.52 bits per heavy atom. The molecule has 2 rings (SSSR count). The minimum atomic E-state index is -4.34. The second kappa shape index (κ2) is 7.92. The number of carbonyl (C=O) groups excluding carboxylic acids is 2. The summed E-state index contributed by atoms with van der Waals surface area (Å²) in [6.45, 7) is 0. The monoisotopic (exact) mass is 423 g/mol. The van der Waals surface area contributed by atoms with E-state index in [0.717, 1.165) is 0 Å². The van der Waals surface area contributed by atoms with Crippen molar-refractivity contribution in [3.63, 3.8) is 0 Å². The van der Waals surface area contributed by atoms with Crippen LogP contribution < -0.4 is 14.2 Å². The van der Waals surface area contributed by atoms with Crippen LogP contribution in [0.1, 0.15) is 10.4 Å². The Balaban J connectivity index is 2.24. The summed E-state index contributed by atoms with van der Waals surface area (Å²) in [7, 11) is 0.534. The number of benzene rings is 2. The predicted octanol–water partition coefficient (Wildman–Crippen LogP) is 3.78. The number of ether oxygens (including phenoxy) is 2. The summed E-state index contributed by atoms with van der Waals surface area (Å²) in [5, 5.41) is 0.617. The summed E-state index contributed by atoms with van der Waals surface area (Å²) in [6.07, 6.45) is -1.40. The van der Waals surface area contributed by atoms with E-state index in [9.17, 15) is 18.0 Å². The van der Waals surface area contributed by atoms with Crippen molar-refractivity contribution in [2.75, 3.05) is 0 Å². The largest absolute Gasteiger partial charge is 0.427 e. The van der Waals surface area contributed by atoms with Crippen LogP contribution in [-0.2, 0) is 9.24 Å². The van der Waals surface area contributed by atoms with E-state index in [1.54, 1.807) is 0 Å². The van der Waals surface area contributed by atoms with Gasteiger partial charge in [-0.3, -0.25) is 0 Å². The average molecular weight is 425 g/mol. The molecule has 1 N–H and O–H groups in total. The van der Waals surface area contributed by atoms with Crippen LogP contribution in [0.3, 0.4) is 0 Å². The van der Waals surface area contributed by atoms with E-state index in [4.69, 9.17) is 43.4 Å². The van der Waals surface area contributed by atoms with Crippen LogP contribution in [0.2, 0.25) is 10.0 Å². The first-order valence-corrected chi connectivity index (χ1v) is 9.42.